The number of aromatic nitrogens is 2. The Bertz CT molecular complexity index is 1060. The molecular weight excluding hydrogens is 545 g/mol. The van der Waals surface area contributed by atoms with E-state index in [1.165, 1.54) is 4.57 Å². The van der Waals surface area contributed by atoms with Crippen molar-refractivity contribution in [1.82, 2.24) is 9.55 Å². The van der Waals surface area contributed by atoms with E-state index in [0.717, 1.165) is 24.8 Å². The van der Waals surface area contributed by atoms with Gasteiger partial charge in [-0.15, -0.1) is 9.05 Å². The molecule has 0 aromatic carbocycles. The van der Waals surface area contributed by atoms with Gasteiger partial charge >= 0.3 is 12.8 Å². The second-order valence-electron chi connectivity index (χ2n) is 12.1. The molecule has 1 saturated heterocycles. The molecule has 2 aliphatic rings. The Labute approximate surface area is 233 Å². The van der Waals surface area contributed by atoms with Crippen molar-refractivity contribution in [3.05, 3.63) is 34.9 Å². The Balaban J connectivity index is 1.75. The molecule has 1 aliphatic carbocycles. The average Bonchev–Trinajstić information content (AvgIpc) is 3.14. The highest BCUT2D eigenvalue weighted by molar-refractivity contribution is 8.00. The van der Waals surface area contributed by atoms with Crippen LogP contribution in [0.15, 0.2) is 29.2 Å². The first-order valence-electron chi connectivity index (χ1n) is 12.8. The number of ether oxygens (including phenoxy) is 1. The van der Waals surface area contributed by atoms with E-state index in [4.69, 9.17) is 48.4 Å². The Morgan fingerprint density at radius 2 is 2.08 bits per heavy atom. The summed E-state index contributed by atoms with van der Waals surface area (Å²) in [4.78, 5) is 16.3. The summed E-state index contributed by atoms with van der Waals surface area (Å²) in [5, 5.41) is 0.0464. The zero-order valence-corrected chi connectivity index (χ0v) is 26.7. The van der Waals surface area contributed by atoms with E-state index < -0.39 is 39.6 Å². The third kappa shape index (κ3) is 7.72. The van der Waals surface area contributed by atoms with E-state index in [-0.39, 0.29) is 21.7 Å². The number of nitrogens with zero attached hydrogens (tertiary/aromatic N) is 2. The number of rotatable bonds is 9. The van der Waals surface area contributed by atoms with Crippen LogP contribution in [0.4, 0.5) is 5.82 Å². The van der Waals surface area contributed by atoms with Crippen LogP contribution in [-0.2, 0) is 30.0 Å². The lowest BCUT2D eigenvalue weighted by Crippen LogP contribution is -2.44. The van der Waals surface area contributed by atoms with E-state index in [2.05, 4.69) is 59.3 Å². The Kier molecular flexibility index (Phi) is 9.88. The minimum Gasteiger partial charge on any atom is -0.414 e. The van der Waals surface area contributed by atoms with Crippen LogP contribution in [0.1, 0.15) is 66.5 Å². The number of thiol groups is 1. The molecule has 12 heteroatoms. The smallest absolute Gasteiger partial charge is 0.414 e. The minimum absolute atomic E-state index is 0.0464. The number of nitrogens with two attached hydrogens (primary N) is 1. The van der Waals surface area contributed by atoms with Crippen molar-refractivity contribution in [2.24, 2.45) is 5.92 Å². The third-order valence-corrected chi connectivity index (χ3v) is 14.5. The van der Waals surface area contributed by atoms with Gasteiger partial charge in [0.1, 0.15) is 30.4 Å². The van der Waals surface area contributed by atoms with E-state index >= 15 is 0 Å². The molecule has 8 nitrogen and oxygen atoms in total. The topological polar surface area (TPSA) is 97.8 Å². The first-order valence-corrected chi connectivity index (χ1v) is 18.4. The lowest BCUT2D eigenvalue weighted by atomic mass is 9.77. The molecular formula is C25H43N3O5PS2Si+. The Hall–Kier alpha value is -0.653. The van der Waals surface area contributed by atoms with Crippen LogP contribution in [0.3, 0.4) is 0 Å². The monoisotopic (exact) mass is 588 g/mol. The molecule has 0 spiro atoms. The molecule has 7 atom stereocenters. The van der Waals surface area contributed by atoms with Crippen molar-refractivity contribution in [3.63, 3.8) is 0 Å². The van der Waals surface area contributed by atoms with Crippen LogP contribution < -0.4 is 11.4 Å². The highest BCUT2D eigenvalue weighted by Gasteiger charge is 2.47. The van der Waals surface area contributed by atoms with E-state index in [0.29, 0.717) is 18.9 Å². The molecule has 1 aromatic heterocycles. The summed E-state index contributed by atoms with van der Waals surface area (Å²) in [6.07, 6.45) is 3.31. The first kappa shape index (κ1) is 30.9. The predicted molar refractivity (Wildman–Crippen MR) is 158 cm³/mol. The summed E-state index contributed by atoms with van der Waals surface area (Å²) < 4.78 is 26.6. The van der Waals surface area contributed by atoms with E-state index in [1.807, 2.05) is 0 Å². The quantitative estimate of drug-likeness (QED) is 0.163. The van der Waals surface area contributed by atoms with Crippen molar-refractivity contribution in [1.29, 1.82) is 0 Å². The highest BCUT2D eigenvalue weighted by atomic mass is 32.4. The van der Waals surface area contributed by atoms with Gasteiger partial charge in [0, 0.05) is 17.4 Å². The fourth-order valence-corrected chi connectivity index (χ4v) is 7.43. The Morgan fingerprint density at radius 3 is 2.68 bits per heavy atom. The van der Waals surface area contributed by atoms with Crippen molar-refractivity contribution < 1.29 is 18.2 Å². The molecule has 208 valence electrons. The van der Waals surface area contributed by atoms with Crippen LogP contribution >= 0.6 is 19.8 Å². The maximum absolute atomic E-state index is 12.5. The molecule has 2 fully saturated rings. The van der Waals surface area contributed by atoms with Gasteiger partial charge in [-0.25, -0.2) is 4.79 Å². The van der Waals surface area contributed by atoms with E-state index in [9.17, 15) is 4.79 Å². The van der Waals surface area contributed by atoms with Gasteiger partial charge in [0.15, 0.2) is 8.32 Å². The summed E-state index contributed by atoms with van der Waals surface area (Å²) in [6.45, 7) is 19.6. The first-order chi connectivity index (χ1) is 17.0. The molecule has 0 amide bonds. The molecule has 1 aromatic rings. The average molecular weight is 589 g/mol. The molecule has 3 rings (SSSR count). The van der Waals surface area contributed by atoms with Crippen LogP contribution in [0.5, 0.6) is 0 Å². The van der Waals surface area contributed by atoms with E-state index in [1.54, 1.807) is 12.3 Å². The molecule has 1 aliphatic heterocycles. The SMILES string of the molecule is C=C(C)[C@@H]1CC[C@](C)(S)[C@@H](O[P+](=S)O[C@H]2C[C@H](n3ccc(N)nc3=O)O[C@@H]2CO[Si](C)(C)C(C)(C)C)C1. The standard InChI is InChI=1S/C25H42N3O5PS2Si/c1-16(2)17-9-11-25(6,35)20(13-17)33-34(36)32-18-14-22(28-12-10-21(26)27-23(28)29)31-19(18)15-30-37(7,8)24(3,4)5/h10,12,17-20,22H,1,9,11,13-15H2,2-8H3,(H2-,26,27,29,35)/p+1/t17-,18+,19-,20+,22-,25+/m1/s1. The summed E-state index contributed by atoms with van der Waals surface area (Å²) in [6, 6.07) is 1.58. The van der Waals surface area contributed by atoms with Crippen LogP contribution in [-0.4, -0.2) is 47.5 Å². The fourth-order valence-electron chi connectivity index (χ4n) is 4.39. The molecule has 1 unspecified atom stereocenters. The highest BCUT2D eigenvalue weighted by Crippen LogP contribution is 2.46. The number of hydrogen-bond acceptors (Lipinski definition) is 9. The lowest BCUT2D eigenvalue weighted by Gasteiger charge is -2.38. The zero-order valence-electron chi connectivity index (χ0n) is 23.1. The number of nitrogen functional groups attached to an aromatic ring is 1. The number of anilines is 1. The third-order valence-electron chi connectivity index (χ3n) is 8.08. The zero-order chi connectivity index (χ0) is 27.8. The second kappa shape index (κ2) is 11.8. The summed E-state index contributed by atoms with van der Waals surface area (Å²) in [7, 11) is -3.68. The summed E-state index contributed by atoms with van der Waals surface area (Å²) in [5.74, 6) is 0.557. The van der Waals surface area contributed by atoms with Gasteiger partial charge in [-0.2, -0.15) is 17.6 Å². The largest absolute Gasteiger partial charge is 0.522 e. The van der Waals surface area contributed by atoms with Crippen LogP contribution in [0, 0.1) is 5.92 Å². The molecule has 37 heavy (non-hydrogen) atoms. The van der Waals surface area contributed by atoms with Crippen molar-refractivity contribution in [2.45, 2.75) is 108 Å². The van der Waals surface area contributed by atoms with Gasteiger partial charge in [-0.05, 0) is 63.2 Å². The maximum atomic E-state index is 12.5. The van der Waals surface area contributed by atoms with Crippen molar-refractivity contribution in [2.75, 3.05) is 12.3 Å². The molecule has 2 heterocycles. The number of hydrogen-bond donors (Lipinski definition) is 2. The van der Waals surface area contributed by atoms with Gasteiger partial charge in [-0.3, -0.25) is 4.57 Å². The molecule has 1 saturated carbocycles. The second-order valence-corrected chi connectivity index (χ2v) is 19.7. The number of allylic oxidation sites excluding steroid dienone is 1. The predicted octanol–water partition coefficient (Wildman–Crippen LogP) is 5.74. The fraction of sp³-hybridized carbons (Fsp3) is 0.760. The molecule has 0 bridgehead atoms. The summed E-state index contributed by atoms with van der Waals surface area (Å²) in [5.41, 5.74) is 6.37. The van der Waals surface area contributed by atoms with Crippen LogP contribution in [0.2, 0.25) is 18.1 Å². The minimum atomic E-state index is -2.04. The van der Waals surface area contributed by atoms with Crippen LogP contribution in [0.25, 0.3) is 0 Å². The lowest BCUT2D eigenvalue weighted by molar-refractivity contribution is -0.0400. The summed E-state index contributed by atoms with van der Waals surface area (Å²) >= 11 is 10.6. The normalized spacial score (nSPS) is 31.4. The van der Waals surface area contributed by atoms with Crippen molar-refractivity contribution >= 4 is 45.7 Å². The molecule has 0 radical (unpaired) electrons. The van der Waals surface area contributed by atoms with Gasteiger partial charge in [0.05, 0.1) is 6.61 Å². The van der Waals surface area contributed by atoms with Gasteiger partial charge in [-0.1, -0.05) is 32.9 Å². The molecule has 2 N–H and O–H groups in total. The Morgan fingerprint density at radius 1 is 1.41 bits per heavy atom. The van der Waals surface area contributed by atoms with Gasteiger partial charge < -0.3 is 14.9 Å². The van der Waals surface area contributed by atoms with Crippen molar-refractivity contribution in [3.8, 4) is 0 Å². The van der Waals surface area contributed by atoms with Gasteiger partial charge in [0.2, 0.25) is 11.8 Å². The maximum Gasteiger partial charge on any atom is 0.522 e. The van der Waals surface area contributed by atoms with Gasteiger partial charge in [0.25, 0.3) is 0 Å².